The van der Waals surface area contributed by atoms with E-state index in [1.807, 2.05) is 53.7 Å². The lowest BCUT2D eigenvalue weighted by atomic mass is 10.2. The van der Waals surface area contributed by atoms with E-state index in [2.05, 4.69) is 23.8 Å². The molecule has 2 aromatic heterocycles. The number of fused-ring (bicyclic) bond motifs is 1. The summed E-state index contributed by atoms with van der Waals surface area (Å²) in [5, 5.41) is 2.37. The van der Waals surface area contributed by atoms with Gasteiger partial charge in [0, 0.05) is 68.7 Å². The molecule has 3 aromatic rings. The second-order valence-corrected chi connectivity index (χ2v) is 16.6. The molecule has 11 heteroatoms. The van der Waals surface area contributed by atoms with Crippen molar-refractivity contribution in [3.63, 3.8) is 0 Å². The van der Waals surface area contributed by atoms with Crippen LogP contribution in [0.1, 0.15) is 27.8 Å². The third-order valence-corrected chi connectivity index (χ3v) is 9.18. The van der Waals surface area contributed by atoms with Gasteiger partial charge < -0.3 is 24.2 Å². The fourth-order valence-electron chi connectivity index (χ4n) is 4.28. The Hall–Kier alpha value is -2.95. The van der Waals surface area contributed by atoms with E-state index in [0.717, 1.165) is 22.0 Å². The maximum Gasteiger partial charge on any atom is 0.409 e. The Morgan fingerprint density at radius 2 is 2.00 bits per heavy atom. The molecule has 8 nitrogen and oxygen atoms in total. The van der Waals surface area contributed by atoms with Crippen LogP contribution >= 0.6 is 33.0 Å². The Bertz CT molecular complexity index is 1320. The van der Waals surface area contributed by atoms with Crippen LogP contribution in [0.3, 0.4) is 0 Å². The van der Waals surface area contributed by atoms with Crippen LogP contribution in [0.2, 0.25) is 5.15 Å². The van der Waals surface area contributed by atoms with Crippen molar-refractivity contribution >= 4 is 56.3 Å². The molecule has 1 aliphatic rings. The highest BCUT2D eigenvalue weighted by Gasteiger charge is 2.27. The van der Waals surface area contributed by atoms with Crippen LogP contribution in [0, 0.1) is 0 Å². The zero-order chi connectivity index (χ0) is 28.9. The zero-order valence-corrected chi connectivity index (χ0v) is 26.0. The molecule has 1 unspecified atom stereocenters. The number of aromatic nitrogens is 1. The predicted octanol–water partition coefficient (Wildman–Crippen LogP) is 6.17. The second kappa shape index (κ2) is 13.1. The highest BCUT2D eigenvalue weighted by molar-refractivity contribution is 8.32. The van der Waals surface area contributed by atoms with E-state index in [1.165, 1.54) is 6.20 Å². The number of carbonyl (C=O) groups is 2. The standard InChI is InChI=1S/C29H37ClN4O4S2/c1-32-13-14-34(28(35)23-20-31-27(30)19-24(23)32)21-8-6-9-22(18-21)38-25(26-10-7-16-39-26)11-12-33(2)29(36)37-15-17-40(3,4)5/h6-10,16,18-20,25H,11-15,17H2,1-5H3. The average molecular weight is 605 g/mol. The van der Waals surface area contributed by atoms with Crippen LogP contribution in [0.25, 0.3) is 0 Å². The molecule has 0 spiro atoms. The van der Waals surface area contributed by atoms with E-state index in [9.17, 15) is 9.59 Å². The summed E-state index contributed by atoms with van der Waals surface area (Å²) in [5.41, 5.74) is 2.01. The summed E-state index contributed by atoms with van der Waals surface area (Å²) in [7, 11) is 2.97. The number of likely N-dealkylation sites (N-methyl/N-ethyl adjacent to an activating group) is 1. The summed E-state index contributed by atoms with van der Waals surface area (Å²) in [5.74, 6) is 1.40. The van der Waals surface area contributed by atoms with Gasteiger partial charge in [-0.05, 0) is 48.4 Å². The molecule has 0 aliphatic carbocycles. The van der Waals surface area contributed by atoms with Crippen molar-refractivity contribution in [3.8, 4) is 5.75 Å². The van der Waals surface area contributed by atoms with E-state index in [-0.39, 0.29) is 18.1 Å². The largest absolute Gasteiger partial charge is 0.485 e. The number of ether oxygens (including phenoxy) is 2. The van der Waals surface area contributed by atoms with E-state index in [1.54, 1.807) is 34.3 Å². The number of rotatable bonds is 10. The van der Waals surface area contributed by atoms with E-state index >= 15 is 0 Å². The first-order chi connectivity index (χ1) is 19.0. The zero-order valence-electron chi connectivity index (χ0n) is 23.6. The molecule has 40 heavy (non-hydrogen) atoms. The Morgan fingerprint density at radius 1 is 1.20 bits per heavy atom. The third kappa shape index (κ3) is 7.83. The Balaban J connectivity index is 1.46. The summed E-state index contributed by atoms with van der Waals surface area (Å²) in [4.78, 5) is 36.6. The SMILES string of the molecule is CN(CCC(Oc1cccc(N2CCN(C)c3cc(Cl)ncc3C2=O)c1)c1cccs1)C(=O)OCCS(C)(C)C. The molecule has 2 amide bonds. The molecule has 4 rings (SSSR count). The number of benzene rings is 1. The summed E-state index contributed by atoms with van der Waals surface area (Å²) >= 11 is 7.71. The number of pyridine rings is 1. The molecule has 1 aliphatic heterocycles. The van der Waals surface area contributed by atoms with Crippen molar-refractivity contribution in [2.24, 2.45) is 0 Å². The summed E-state index contributed by atoms with van der Waals surface area (Å²) in [6.45, 7) is 2.05. The minimum absolute atomic E-state index is 0.135. The minimum atomic E-state index is -0.722. The number of anilines is 2. The number of hydrogen-bond acceptors (Lipinski definition) is 7. The van der Waals surface area contributed by atoms with Gasteiger partial charge in [0.1, 0.15) is 23.6 Å². The highest BCUT2D eigenvalue weighted by Crippen LogP contribution is 2.34. The van der Waals surface area contributed by atoms with E-state index in [0.29, 0.717) is 49.1 Å². The molecule has 0 saturated heterocycles. The molecular formula is C29H37ClN4O4S2. The average Bonchev–Trinajstić information content (AvgIpc) is 3.41. The normalized spacial score (nSPS) is 14.8. The molecule has 0 fully saturated rings. The third-order valence-electron chi connectivity index (χ3n) is 6.62. The van der Waals surface area contributed by atoms with Gasteiger partial charge >= 0.3 is 6.09 Å². The van der Waals surface area contributed by atoms with Gasteiger partial charge in [-0.15, -0.1) is 11.3 Å². The lowest BCUT2D eigenvalue weighted by Crippen LogP contribution is -2.33. The van der Waals surface area contributed by atoms with Gasteiger partial charge in [0.2, 0.25) is 0 Å². The topological polar surface area (TPSA) is 75.2 Å². The maximum absolute atomic E-state index is 13.5. The fourth-order valence-corrected chi connectivity index (χ4v) is 5.80. The Kier molecular flexibility index (Phi) is 9.86. The van der Waals surface area contributed by atoms with Crippen LogP contribution in [0.5, 0.6) is 5.75 Å². The number of amides is 2. The molecule has 1 aromatic carbocycles. The number of carbonyl (C=O) groups excluding carboxylic acids is 2. The first-order valence-electron chi connectivity index (χ1n) is 13.0. The predicted molar refractivity (Wildman–Crippen MR) is 167 cm³/mol. The van der Waals surface area contributed by atoms with Gasteiger partial charge in [0.25, 0.3) is 5.91 Å². The summed E-state index contributed by atoms with van der Waals surface area (Å²) in [6, 6.07) is 13.3. The van der Waals surface area contributed by atoms with Gasteiger partial charge in [0.15, 0.2) is 0 Å². The van der Waals surface area contributed by atoms with Gasteiger partial charge in [0.05, 0.1) is 11.3 Å². The highest BCUT2D eigenvalue weighted by atomic mass is 35.5. The number of nitrogens with zero attached hydrogens (tertiary/aromatic N) is 4. The fraction of sp³-hybridized carbons (Fsp3) is 0.414. The van der Waals surface area contributed by atoms with Crippen LogP contribution in [-0.4, -0.2) is 86.7 Å². The summed E-state index contributed by atoms with van der Waals surface area (Å²) < 4.78 is 12.0. The molecule has 0 bridgehead atoms. The molecule has 0 N–H and O–H groups in total. The van der Waals surface area contributed by atoms with Crippen LogP contribution in [0.15, 0.2) is 54.0 Å². The first-order valence-corrected chi connectivity index (χ1v) is 17.3. The summed E-state index contributed by atoms with van der Waals surface area (Å²) in [6.07, 6.45) is 8.16. The van der Waals surface area contributed by atoms with Crippen molar-refractivity contribution in [2.45, 2.75) is 12.5 Å². The van der Waals surface area contributed by atoms with Gasteiger partial charge in [-0.1, -0.05) is 23.7 Å². The number of thiophene rings is 1. The van der Waals surface area contributed by atoms with Gasteiger partial charge in [-0.25, -0.2) is 19.8 Å². The lowest BCUT2D eigenvalue weighted by Gasteiger charge is -2.26. The smallest absolute Gasteiger partial charge is 0.409 e. The Labute approximate surface area is 247 Å². The number of halogens is 1. The van der Waals surface area contributed by atoms with Crippen LogP contribution in [0.4, 0.5) is 16.2 Å². The maximum atomic E-state index is 13.5. The van der Waals surface area contributed by atoms with E-state index in [4.69, 9.17) is 21.1 Å². The van der Waals surface area contributed by atoms with Crippen molar-refractivity contribution in [1.29, 1.82) is 0 Å². The van der Waals surface area contributed by atoms with Crippen molar-refractivity contribution in [1.82, 2.24) is 9.88 Å². The van der Waals surface area contributed by atoms with Crippen molar-refractivity contribution in [3.05, 3.63) is 69.6 Å². The monoisotopic (exact) mass is 604 g/mol. The molecule has 0 radical (unpaired) electrons. The van der Waals surface area contributed by atoms with Crippen LogP contribution < -0.4 is 14.5 Å². The Morgan fingerprint density at radius 3 is 2.73 bits per heavy atom. The van der Waals surface area contributed by atoms with Crippen LogP contribution in [-0.2, 0) is 4.74 Å². The quantitative estimate of drug-likeness (QED) is 0.258. The molecular weight excluding hydrogens is 568 g/mol. The number of hydrogen-bond donors (Lipinski definition) is 0. The lowest BCUT2D eigenvalue weighted by molar-refractivity contribution is 0.0989. The second-order valence-electron chi connectivity index (χ2n) is 10.6. The first kappa shape index (κ1) is 30.0. The van der Waals surface area contributed by atoms with Gasteiger partial charge in [-0.2, -0.15) is 0 Å². The van der Waals surface area contributed by atoms with Gasteiger partial charge in [-0.3, -0.25) is 4.79 Å². The molecule has 1 atom stereocenters. The molecule has 0 saturated carbocycles. The van der Waals surface area contributed by atoms with Crippen molar-refractivity contribution in [2.75, 3.05) is 74.7 Å². The van der Waals surface area contributed by atoms with E-state index < -0.39 is 10.0 Å². The molecule has 216 valence electrons. The minimum Gasteiger partial charge on any atom is -0.485 e. The van der Waals surface area contributed by atoms with Crippen molar-refractivity contribution < 1.29 is 19.1 Å². The molecule has 3 heterocycles.